The maximum atomic E-state index is 13.2. The van der Waals surface area contributed by atoms with Crippen molar-refractivity contribution in [3.63, 3.8) is 0 Å². The molecule has 2 atom stereocenters. The van der Waals surface area contributed by atoms with Crippen LogP contribution in [0.3, 0.4) is 0 Å². The predicted octanol–water partition coefficient (Wildman–Crippen LogP) is 2.92. The molecule has 1 amide bonds. The number of primary amides is 1. The second-order valence-corrected chi connectivity index (χ2v) is 9.81. The second-order valence-electron chi connectivity index (χ2n) is 6.78. The number of sulfonamides is 1. The van der Waals surface area contributed by atoms with E-state index in [0.717, 1.165) is 12.1 Å². The van der Waals surface area contributed by atoms with Gasteiger partial charge in [0.2, 0.25) is 10.0 Å². The number of carbonyl (C=O) groups is 1. The van der Waals surface area contributed by atoms with E-state index >= 15 is 0 Å². The maximum absolute atomic E-state index is 13.2. The Bertz CT molecular complexity index is 1130. The molecule has 0 aliphatic rings. The molecule has 7 nitrogen and oxygen atoms in total. The summed E-state index contributed by atoms with van der Waals surface area (Å²) in [4.78, 5) is 10.1. The number of hydrogen-bond acceptors (Lipinski definition) is 6. The van der Waals surface area contributed by atoms with E-state index in [-0.39, 0.29) is 17.4 Å². The number of anilines is 1. The van der Waals surface area contributed by atoms with Crippen molar-refractivity contribution in [3.8, 4) is 0 Å². The summed E-state index contributed by atoms with van der Waals surface area (Å²) in [5, 5.41) is 12.1. The van der Waals surface area contributed by atoms with Gasteiger partial charge in [-0.1, -0.05) is 0 Å². The largest absolute Gasteiger partial charge is 0.431 e. The fourth-order valence-corrected chi connectivity index (χ4v) is 5.27. The molecule has 0 aliphatic heterocycles. The molecule has 1 unspecified atom stereocenters. The second kappa shape index (κ2) is 9.08. The molecule has 2 rings (SSSR count). The summed E-state index contributed by atoms with van der Waals surface area (Å²) in [6.07, 6.45) is -10.4. The zero-order valence-corrected chi connectivity index (χ0v) is 18.0. The molecule has 5 N–H and O–H groups in total. The molecule has 16 heteroatoms. The summed E-state index contributed by atoms with van der Waals surface area (Å²) < 4.78 is 118. The molecule has 0 radical (unpaired) electrons. The van der Waals surface area contributed by atoms with Gasteiger partial charge in [0.1, 0.15) is 10.0 Å². The number of nitrogens with one attached hydrogen (secondary N) is 2. The minimum atomic E-state index is -5.53. The summed E-state index contributed by atoms with van der Waals surface area (Å²) in [6.45, 7) is 0.825. The number of carbonyl (C=O) groups excluding carboxylic acids is 1. The van der Waals surface area contributed by atoms with Crippen LogP contribution in [0.4, 0.5) is 36.4 Å². The average molecular weight is 523 g/mol. The highest BCUT2D eigenvalue weighted by Crippen LogP contribution is 2.42. The number of aliphatic hydroxyl groups is 1. The van der Waals surface area contributed by atoms with Crippen molar-refractivity contribution < 1.29 is 49.1 Å². The van der Waals surface area contributed by atoms with Gasteiger partial charge in [0, 0.05) is 18.3 Å². The van der Waals surface area contributed by atoms with Crippen LogP contribution < -0.4 is 15.8 Å². The molecule has 184 valence electrons. The van der Waals surface area contributed by atoms with E-state index in [0.29, 0.717) is 12.1 Å². The SMILES string of the molecule is C[C@H](CNc1ccc(F)cc1C(F)(F)F)NS(=O)(=O)c1ccc(C(O)(C(N)=O)C(F)(F)F)s1. The Hall–Kier alpha value is -2.43. The Balaban J connectivity index is 2.19. The molecule has 0 saturated carbocycles. The van der Waals surface area contributed by atoms with Gasteiger partial charge < -0.3 is 16.2 Å². The Labute approximate surface area is 186 Å². The van der Waals surface area contributed by atoms with Crippen LogP contribution in [-0.4, -0.2) is 38.2 Å². The van der Waals surface area contributed by atoms with Gasteiger partial charge in [0.05, 0.1) is 10.4 Å². The van der Waals surface area contributed by atoms with Crippen molar-refractivity contribution in [2.45, 2.75) is 35.1 Å². The third-order valence-electron chi connectivity index (χ3n) is 4.21. The van der Waals surface area contributed by atoms with Crippen LogP contribution in [0.1, 0.15) is 17.4 Å². The van der Waals surface area contributed by atoms with Gasteiger partial charge in [0.15, 0.2) is 0 Å². The number of benzene rings is 1. The van der Waals surface area contributed by atoms with Gasteiger partial charge in [-0.25, -0.2) is 17.5 Å². The summed E-state index contributed by atoms with van der Waals surface area (Å²) in [6, 6.07) is 2.00. The first-order valence-corrected chi connectivity index (χ1v) is 11.0. The highest BCUT2D eigenvalue weighted by molar-refractivity contribution is 7.91. The van der Waals surface area contributed by atoms with E-state index in [9.17, 15) is 49.1 Å². The summed E-state index contributed by atoms with van der Waals surface area (Å²) in [5.74, 6) is -3.30. The lowest BCUT2D eigenvalue weighted by atomic mass is 10.0. The highest BCUT2D eigenvalue weighted by atomic mass is 32.2. The van der Waals surface area contributed by atoms with Crippen molar-refractivity contribution in [1.29, 1.82) is 0 Å². The van der Waals surface area contributed by atoms with Gasteiger partial charge in [-0.15, -0.1) is 11.3 Å². The maximum Gasteiger partial charge on any atom is 0.431 e. The van der Waals surface area contributed by atoms with E-state index in [2.05, 4.69) is 11.1 Å². The van der Waals surface area contributed by atoms with Crippen LogP contribution in [0.25, 0.3) is 0 Å². The number of nitrogens with two attached hydrogens (primary N) is 1. The number of halogens is 7. The molecule has 0 spiro atoms. The lowest BCUT2D eigenvalue weighted by Gasteiger charge is -2.25. The van der Waals surface area contributed by atoms with Gasteiger partial charge >= 0.3 is 12.4 Å². The first-order valence-electron chi connectivity index (χ1n) is 8.72. The Morgan fingerprint density at radius 1 is 1.15 bits per heavy atom. The number of thiophene rings is 1. The van der Waals surface area contributed by atoms with Gasteiger partial charge in [0.25, 0.3) is 11.5 Å². The van der Waals surface area contributed by atoms with E-state index in [1.165, 1.54) is 6.92 Å². The summed E-state index contributed by atoms with van der Waals surface area (Å²) in [7, 11) is -4.50. The smallest absolute Gasteiger partial charge is 0.383 e. The van der Waals surface area contributed by atoms with Crippen molar-refractivity contribution in [2.24, 2.45) is 5.73 Å². The van der Waals surface area contributed by atoms with Crippen LogP contribution in [0, 0.1) is 5.82 Å². The third-order valence-corrected chi connectivity index (χ3v) is 7.49. The first kappa shape index (κ1) is 26.8. The Morgan fingerprint density at radius 2 is 1.76 bits per heavy atom. The quantitative estimate of drug-likeness (QED) is 0.397. The highest BCUT2D eigenvalue weighted by Gasteiger charge is 2.61. The monoisotopic (exact) mass is 523 g/mol. The molecule has 0 bridgehead atoms. The molecular weight excluding hydrogens is 507 g/mol. The summed E-state index contributed by atoms with van der Waals surface area (Å²) in [5.41, 5.74) is -1.30. The number of amides is 1. The van der Waals surface area contributed by atoms with Crippen molar-refractivity contribution >= 4 is 33.0 Å². The zero-order valence-electron chi connectivity index (χ0n) is 16.4. The van der Waals surface area contributed by atoms with Crippen LogP contribution in [0.15, 0.2) is 34.5 Å². The Morgan fingerprint density at radius 3 is 2.27 bits per heavy atom. The molecule has 1 aromatic heterocycles. The number of hydrogen-bond donors (Lipinski definition) is 4. The van der Waals surface area contributed by atoms with Crippen LogP contribution >= 0.6 is 11.3 Å². The molecule has 0 aliphatic carbocycles. The molecule has 0 fully saturated rings. The normalized spacial score (nSPS) is 15.7. The molecule has 1 aromatic carbocycles. The van der Waals surface area contributed by atoms with E-state index in [1.54, 1.807) is 0 Å². The van der Waals surface area contributed by atoms with Gasteiger partial charge in [-0.3, -0.25) is 4.79 Å². The minimum Gasteiger partial charge on any atom is -0.383 e. The van der Waals surface area contributed by atoms with E-state index in [4.69, 9.17) is 0 Å². The van der Waals surface area contributed by atoms with E-state index < -0.39 is 72.6 Å². The summed E-state index contributed by atoms with van der Waals surface area (Å²) >= 11 is -0.0663. The average Bonchev–Trinajstić information content (AvgIpc) is 3.15. The first-order chi connectivity index (χ1) is 14.9. The number of alkyl halides is 6. The van der Waals surface area contributed by atoms with Crippen molar-refractivity contribution in [3.05, 3.63) is 46.6 Å². The predicted molar refractivity (Wildman–Crippen MR) is 103 cm³/mol. The third kappa shape index (κ3) is 5.74. The lowest BCUT2D eigenvalue weighted by Crippen LogP contribution is -2.52. The fourth-order valence-electron chi connectivity index (χ4n) is 2.59. The van der Waals surface area contributed by atoms with Crippen LogP contribution in [-0.2, 0) is 26.6 Å². The minimum absolute atomic E-state index is 0.0663. The Kier molecular flexibility index (Phi) is 7.38. The molecule has 1 heterocycles. The number of rotatable bonds is 8. The van der Waals surface area contributed by atoms with Gasteiger partial charge in [-0.2, -0.15) is 26.3 Å². The van der Waals surface area contributed by atoms with Crippen molar-refractivity contribution in [2.75, 3.05) is 11.9 Å². The topological polar surface area (TPSA) is 122 Å². The van der Waals surface area contributed by atoms with Crippen LogP contribution in [0.5, 0.6) is 0 Å². The standard InChI is InChI=1S/C17H16F7N3O4S2/c1-8(7-26-11-3-2-9(18)6-10(11)16(19,20)21)27-33(30,31)13-5-4-12(32-13)15(29,14(25)28)17(22,23)24/h2-6,8,26-27,29H,7H2,1H3,(H2,25,28)/t8-,15?/m1/s1. The fraction of sp³-hybridized carbons (Fsp3) is 0.353. The lowest BCUT2D eigenvalue weighted by molar-refractivity contribution is -0.254. The van der Waals surface area contributed by atoms with Crippen LogP contribution in [0.2, 0.25) is 0 Å². The molecule has 2 aromatic rings. The molecule has 0 saturated heterocycles. The molecular formula is C17H16F7N3O4S2. The van der Waals surface area contributed by atoms with E-state index in [1.807, 2.05) is 4.72 Å². The molecule has 33 heavy (non-hydrogen) atoms. The van der Waals surface area contributed by atoms with Gasteiger partial charge in [-0.05, 0) is 37.3 Å². The zero-order chi connectivity index (χ0) is 25.4. The van der Waals surface area contributed by atoms with Crippen molar-refractivity contribution in [1.82, 2.24) is 4.72 Å².